The molecule has 1 heterocycles. The molecule has 1 aromatic heterocycles. The standard InChI is InChI=1S/C10H16BrN3O/c1-4-7(2)5-12-10-13-6-8(11)9(14-10)15-3/h6-7H,4-5H2,1-3H3,(H,12,13,14). The summed E-state index contributed by atoms with van der Waals surface area (Å²) in [7, 11) is 1.59. The molecule has 0 fully saturated rings. The predicted molar refractivity (Wildman–Crippen MR) is 64.2 cm³/mol. The third-order valence-electron chi connectivity index (χ3n) is 2.21. The maximum atomic E-state index is 5.08. The molecule has 84 valence electrons. The van der Waals surface area contributed by atoms with E-state index in [1.165, 1.54) is 0 Å². The maximum absolute atomic E-state index is 5.08. The van der Waals surface area contributed by atoms with Gasteiger partial charge in [0.15, 0.2) is 0 Å². The van der Waals surface area contributed by atoms with E-state index in [1.807, 2.05) is 0 Å². The van der Waals surface area contributed by atoms with Gasteiger partial charge in [-0.2, -0.15) is 4.98 Å². The molecule has 0 bridgehead atoms. The van der Waals surface area contributed by atoms with Crippen LogP contribution in [0.1, 0.15) is 20.3 Å². The second-order valence-corrected chi connectivity index (χ2v) is 4.30. The number of nitrogens with one attached hydrogen (secondary N) is 1. The van der Waals surface area contributed by atoms with Gasteiger partial charge in [-0.05, 0) is 21.8 Å². The van der Waals surface area contributed by atoms with Crippen LogP contribution in [0.25, 0.3) is 0 Å². The zero-order chi connectivity index (χ0) is 11.3. The first-order valence-corrected chi connectivity index (χ1v) is 5.77. The fourth-order valence-electron chi connectivity index (χ4n) is 0.990. The van der Waals surface area contributed by atoms with Gasteiger partial charge in [0.25, 0.3) is 0 Å². The van der Waals surface area contributed by atoms with E-state index in [1.54, 1.807) is 13.3 Å². The minimum atomic E-state index is 0.552. The van der Waals surface area contributed by atoms with E-state index < -0.39 is 0 Å². The van der Waals surface area contributed by atoms with Crippen molar-refractivity contribution in [2.24, 2.45) is 5.92 Å². The predicted octanol–water partition coefficient (Wildman–Crippen LogP) is 2.71. The van der Waals surface area contributed by atoms with E-state index in [-0.39, 0.29) is 0 Å². The number of halogens is 1. The number of anilines is 1. The van der Waals surface area contributed by atoms with Gasteiger partial charge in [0.05, 0.1) is 17.8 Å². The van der Waals surface area contributed by atoms with E-state index in [9.17, 15) is 0 Å². The van der Waals surface area contributed by atoms with Crippen LogP contribution < -0.4 is 10.1 Å². The molecule has 0 aliphatic rings. The topological polar surface area (TPSA) is 47.0 Å². The van der Waals surface area contributed by atoms with Crippen molar-refractivity contribution >= 4 is 21.9 Å². The van der Waals surface area contributed by atoms with Crippen LogP contribution in [0.4, 0.5) is 5.95 Å². The van der Waals surface area contributed by atoms with Crippen molar-refractivity contribution in [3.8, 4) is 5.88 Å². The first kappa shape index (κ1) is 12.2. The summed E-state index contributed by atoms with van der Waals surface area (Å²) in [5, 5.41) is 3.17. The Hall–Kier alpha value is -0.840. The Morgan fingerprint density at radius 1 is 1.60 bits per heavy atom. The van der Waals surface area contributed by atoms with Gasteiger partial charge in [0.2, 0.25) is 11.8 Å². The molecule has 0 aliphatic heterocycles. The van der Waals surface area contributed by atoms with Crippen molar-refractivity contribution in [1.29, 1.82) is 0 Å². The average molecular weight is 274 g/mol. The molecule has 1 unspecified atom stereocenters. The van der Waals surface area contributed by atoms with E-state index in [2.05, 4.69) is 45.1 Å². The minimum absolute atomic E-state index is 0.552. The highest BCUT2D eigenvalue weighted by molar-refractivity contribution is 9.10. The van der Waals surface area contributed by atoms with E-state index in [0.29, 0.717) is 17.7 Å². The summed E-state index contributed by atoms with van der Waals surface area (Å²) in [5.74, 6) is 1.77. The molecule has 1 atom stereocenters. The van der Waals surface area contributed by atoms with Gasteiger partial charge < -0.3 is 10.1 Å². The zero-order valence-corrected chi connectivity index (χ0v) is 10.8. The number of aromatic nitrogens is 2. The van der Waals surface area contributed by atoms with Crippen LogP contribution in [0.2, 0.25) is 0 Å². The lowest BCUT2D eigenvalue weighted by Crippen LogP contribution is -2.12. The molecule has 0 spiro atoms. The molecule has 1 rings (SSSR count). The van der Waals surface area contributed by atoms with Crippen molar-refractivity contribution in [2.75, 3.05) is 19.0 Å². The number of methoxy groups -OCH3 is 1. The van der Waals surface area contributed by atoms with Crippen LogP contribution in [-0.2, 0) is 0 Å². The molecule has 15 heavy (non-hydrogen) atoms. The Bertz CT molecular complexity index is 320. The lowest BCUT2D eigenvalue weighted by Gasteiger charge is -2.10. The number of hydrogen-bond acceptors (Lipinski definition) is 4. The SMILES string of the molecule is CCC(C)CNc1ncc(Br)c(OC)n1. The Balaban J connectivity index is 2.62. The van der Waals surface area contributed by atoms with E-state index in [4.69, 9.17) is 4.74 Å². The van der Waals surface area contributed by atoms with Crippen molar-refractivity contribution in [1.82, 2.24) is 9.97 Å². The van der Waals surface area contributed by atoms with Gasteiger partial charge >= 0.3 is 0 Å². The second kappa shape index (κ2) is 5.90. The summed E-state index contributed by atoms with van der Waals surface area (Å²) in [6, 6.07) is 0. The monoisotopic (exact) mass is 273 g/mol. The average Bonchev–Trinajstić information content (AvgIpc) is 2.27. The van der Waals surface area contributed by atoms with Crippen LogP contribution >= 0.6 is 15.9 Å². The number of nitrogens with zero attached hydrogens (tertiary/aromatic N) is 2. The molecule has 5 heteroatoms. The van der Waals surface area contributed by atoms with Crippen LogP contribution in [0.15, 0.2) is 10.7 Å². The van der Waals surface area contributed by atoms with Crippen molar-refractivity contribution in [3.05, 3.63) is 10.7 Å². The fraction of sp³-hybridized carbons (Fsp3) is 0.600. The summed E-state index contributed by atoms with van der Waals surface area (Å²) >= 11 is 3.31. The van der Waals surface area contributed by atoms with E-state index >= 15 is 0 Å². The van der Waals surface area contributed by atoms with E-state index in [0.717, 1.165) is 17.4 Å². The summed E-state index contributed by atoms with van der Waals surface area (Å²) in [4.78, 5) is 8.35. The lowest BCUT2D eigenvalue weighted by molar-refractivity contribution is 0.394. The van der Waals surface area contributed by atoms with Gasteiger partial charge in [-0.25, -0.2) is 4.98 Å². The summed E-state index contributed by atoms with van der Waals surface area (Å²) < 4.78 is 5.84. The Labute approximate surface area is 98.6 Å². The van der Waals surface area contributed by atoms with Crippen LogP contribution in [0.5, 0.6) is 5.88 Å². The van der Waals surface area contributed by atoms with Gasteiger partial charge in [-0.1, -0.05) is 20.3 Å². The molecule has 0 amide bonds. The van der Waals surface area contributed by atoms with Gasteiger partial charge in [0.1, 0.15) is 0 Å². The normalized spacial score (nSPS) is 12.3. The number of rotatable bonds is 5. The van der Waals surface area contributed by atoms with Crippen molar-refractivity contribution in [3.63, 3.8) is 0 Å². The third-order valence-corrected chi connectivity index (χ3v) is 2.75. The molecule has 4 nitrogen and oxygen atoms in total. The Morgan fingerprint density at radius 3 is 2.93 bits per heavy atom. The molecule has 0 aliphatic carbocycles. The molecule has 0 saturated carbocycles. The number of hydrogen-bond donors (Lipinski definition) is 1. The molecule has 1 N–H and O–H groups in total. The number of ether oxygens (including phenoxy) is 1. The van der Waals surface area contributed by atoms with Crippen molar-refractivity contribution in [2.45, 2.75) is 20.3 Å². The van der Waals surface area contributed by atoms with Gasteiger partial charge in [-0.15, -0.1) is 0 Å². The molecule has 0 saturated heterocycles. The Morgan fingerprint density at radius 2 is 2.33 bits per heavy atom. The van der Waals surface area contributed by atoms with Crippen LogP contribution in [0.3, 0.4) is 0 Å². The molecule has 1 aromatic rings. The molecule has 0 aromatic carbocycles. The fourth-order valence-corrected chi connectivity index (χ4v) is 1.34. The largest absolute Gasteiger partial charge is 0.480 e. The summed E-state index contributed by atoms with van der Waals surface area (Å²) in [5.41, 5.74) is 0. The van der Waals surface area contributed by atoms with Crippen LogP contribution in [-0.4, -0.2) is 23.6 Å². The highest BCUT2D eigenvalue weighted by atomic mass is 79.9. The first-order chi connectivity index (χ1) is 7.17. The first-order valence-electron chi connectivity index (χ1n) is 4.97. The van der Waals surface area contributed by atoms with Gasteiger partial charge in [0, 0.05) is 6.54 Å². The zero-order valence-electron chi connectivity index (χ0n) is 9.25. The Kier molecular flexibility index (Phi) is 4.81. The molecule has 0 radical (unpaired) electrons. The third kappa shape index (κ3) is 3.66. The smallest absolute Gasteiger partial charge is 0.232 e. The molecular formula is C10H16BrN3O. The maximum Gasteiger partial charge on any atom is 0.232 e. The lowest BCUT2D eigenvalue weighted by atomic mass is 10.1. The highest BCUT2D eigenvalue weighted by Crippen LogP contribution is 2.21. The van der Waals surface area contributed by atoms with Crippen LogP contribution in [0, 0.1) is 5.92 Å². The summed E-state index contributed by atoms with van der Waals surface area (Å²) in [6.45, 7) is 5.22. The van der Waals surface area contributed by atoms with Gasteiger partial charge in [-0.3, -0.25) is 0 Å². The van der Waals surface area contributed by atoms with Crippen molar-refractivity contribution < 1.29 is 4.74 Å². The second-order valence-electron chi connectivity index (χ2n) is 3.45. The summed E-state index contributed by atoms with van der Waals surface area (Å²) in [6.07, 6.45) is 2.82. The quantitative estimate of drug-likeness (QED) is 0.896. The highest BCUT2D eigenvalue weighted by Gasteiger charge is 2.05. The minimum Gasteiger partial charge on any atom is -0.480 e. The molecular weight excluding hydrogens is 258 g/mol.